The van der Waals surface area contributed by atoms with Crippen LogP contribution in [0, 0.1) is 35.3 Å². The second kappa shape index (κ2) is 14.1. The topological polar surface area (TPSA) is 0 Å². The lowest BCUT2D eigenvalue weighted by molar-refractivity contribution is 0.577. The van der Waals surface area contributed by atoms with Crippen molar-refractivity contribution in [1.29, 1.82) is 0 Å². The van der Waals surface area contributed by atoms with E-state index < -0.39 is 11.6 Å². The molecule has 2 heteroatoms. The van der Waals surface area contributed by atoms with E-state index in [2.05, 4.69) is 49.7 Å². The van der Waals surface area contributed by atoms with Crippen LogP contribution in [0.15, 0.2) is 60.7 Å². The summed E-state index contributed by atoms with van der Waals surface area (Å²) < 4.78 is 29.2. The Bertz CT molecular complexity index is 1170. The van der Waals surface area contributed by atoms with Gasteiger partial charge in [-0.25, -0.2) is 8.78 Å². The van der Waals surface area contributed by atoms with Crippen LogP contribution < -0.4 is 0 Å². The Balaban J connectivity index is 1.64. The highest BCUT2D eigenvalue weighted by atomic mass is 19.1. The molecule has 3 rings (SSSR count). The van der Waals surface area contributed by atoms with Crippen molar-refractivity contribution >= 4 is 0 Å². The fourth-order valence-electron chi connectivity index (χ4n) is 3.89. The highest BCUT2D eigenvalue weighted by Gasteiger charge is 2.08. The van der Waals surface area contributed by atoms with Gasteiger partial charge in [-0.2, -0.15) is 0 Å². The van der Waals surface area contributed by atoms with Gasteiger partial charge in [0.05, 0.1) is 5.56 Å². The van der Waals surface area contributed by atoms with Crippen molar-refractivity contribution in [2.75, 3.05) is 0 Å². The Hall–Kier alpha value is -3.36. The number of hydrogen-bond donors (Lipinski definition) is 0. The van der Waals surface area contributed by atoms with Gasteiger partial charge in [-0.05, 0) is 73.2 Å². The van der Waals surface area contributed by atoms with Crippen LogP contribution in [0.5, 0.6) is 0 Å². The average Bonchev–Trinajstić information content (AvgIpc) is 2.86. The largest absolute Gasteiger partial charge is 0.205 e. The molecule has 0 atom stereocenters. The second-order valence-electron chi connectivity index (χ2n) is 8.98. The summed E-state index contributed by atoms with van der Waals surface area (Å²) in [5.41, 5.74) is 4.18. The van der Waals surface area contributed by atoms with Crippen LogP contribution >= 0.6 is 0 Å². The molecule has 0 radical (unpaired) electrons. The Morgan fingerprint density at radius 2 is 0.943 bits per heavy atom. The van der Waals surface area contributed by atoms with Gasteiger partial charge in [-0.1, -0.05) is 93.9 Å². The fraction of sp³-hybridized carbons (Fsp3) is 0.333. The lowest BCUT2D eigenvalue weighted by atomic mass is 10.0. The minimum Gasteiger partial charge on any atom is -0.205 e. The minimum atomic E-state index is -0.694. The van der Waals surface area contributed by atoms with Crippen LogP contribution in [0.2, 0.25) is 0 Å². The van der Waals surface area contributed by atoms with E-state index in [-0.39, 0.29) is 5.56 Å². The Kier molecular flexibility index (Phi) is 10.6. The van der Waals surface area contributed by atoms with E-state index in [4.69, 9.17) is 0 Å². The van der Waals surface area contributed by atoms with Crippen molar-refractivity contribution in [3.8, 4) is 23.7 Å². The van der Waals surface area contributed by atoms with Crippen molar-refractivity contribution in [2.24, 2.45) is 0 Å². The zero-order valence-corrected chi connectivity index (χ0v) is 20.9. The van der Waals surface area contributed by atoms with Gasteiger partial charge in [0.2, 0.25) is 0 Å². The van der Waals surface area contributed by atoms with Gasteiger partial charge in [0.25, 0.3) is 0 Å². The first-order chi connectivity index (χ1) is 17.1. The summed E-state index contributed by atoms with van der Waals surface area (Å²) in [5, 5.41) is 0. The molecule has 0 saturated carbocycles. The summed E-state index contributed by atoms with van der Waals surface area (Å²) in [4.78, 5) is 0. The molecule has 0 aliphatic heterocycles. The van der Waals surface area contributed by atoms with Crippen LogP contribution in [-0.2, 0) is 12.8 Å². The number of hydrogen-bond acceptors (Lipinski definition) is 0. The maximum absolute atomic E-state index is 14.6. The molecule has 180 valence electrons. The lowest BCUT2D eigenvalue weighted by Gasteiger charge is -2.01. The van der Waals surface area contributed by atoms with E-state index in [0.717, 1.165) is 30.4 Å². The first kappa shape index (κ1) is 26.2. The van der Waals surface area contributed by atoms with E-state index in [0.29, 0.717) is 5.56 Å². The highest BCUT2D eigenvalue weighted by molar-refractivity contribution is 5.49. The number of halogens is 2. The molecular formula is C33H34F2. The maximum atomic E-state index is 14.6. The summed E-state index contributed by atoms with van der Waals surface area (Å²) in [7, 11) is 0. The van der Waals surface area contributed by atoms with Gasteiger partial charge in [-0.3, -0.25) is 0 Å². The molecule has 0 aliphatic rings. The Labute approximate surface area is 209 Å². The Morgan fingerprint density at radius 3 is 1.46 bits per heavy atom. The molecule has 0 aliphatic carbocycles. The smallest absolute Gasteiger partial charge is 0.143 e. The van der Waals surface area contributed by atoms with E-state index in [1.165, 1.54) is 61.8 Å². The maximum Gasteiger partial charge on any atom is 0.143 e. The first-order valence-electron chi connectivity index (χ1n) is 12.8. The van der Waals surface area contributed by atoms with E-state index in [1.54, 1.807) is 0 Å². The standard InChI is InChI=1S/C33H34F2/c1-3-5-7-9-11-27-12-16-28(17-13-27)20-21-30-24-32(34)31(33(35)25-30)23-22-29-18-14-26(15-19-29)10-8-6-4-2/h12-19,24-25H,3-11H2,1-2H3. The summed E-state index contributed by atoms with van der Waals surface area (Å²) in [5.74, 6) is 10.0. The van der Waals surface area contributed by atoms with Crippen molar-refractivity contribution < 1.29 is 8.78 Å². The predicted molar refractivity (Wildman–Crippen MR) is 142 cm³/mol. The van der Waals surface area contributed by atoms with Gasteiger partial charge in [-0.15, -0.1) is 0 Å². The number of rotatable bonds is 9. The molecule has 0 aromatic heterocycles. The molecule has 0 unspecified atom stereocenters. The lowest BCUT2D eigenvalue weighted by Crippen LogP contribution is -1.93. The molecule has 3 aromatic rings. The summed E-state index contributed by atoms with van der Waals surface area (Å²) >= 11 is 0. The molecule has 35 heavy (non-hydrogen) atoms. The number of unbranched alkanes of at least 4 members (excludes halogenated alkanes) is 5. The van der Waals surface area contributed by atoms with Gasteiger partial charge < -0.3 is 0 Å². The van der Waals surface area contributed by atoms with Gasteiger partial charge in [0.15, 0.2) is 0 Å². The van der Waals surface area contributed by atoms with Crippen molar-refractivity contribution in [2.45, 2.75) is 71.6 Å². The minimum absolute atomic E-state index is 0.227. The normalized spacial score (nSPS) is 10.3. The van der Waals surface area contributed by atoms with Gasteiger partial charge >= 0.3 is 0 Å². The summed E-state index contributed by atoms with van der Waals surface area (Å²) in [6.07, 6.45) is 10.6. The van der Waals surface area contributed by atoms with Crippen LogP contribution in [0.3, 0.4) is 0 Å². The molecule has 3 aromatic carbocycles. The van der Waals surface area contributed by atoms with E-state index in [9.17, 15) is 8.78 Å². The Morgan fingerprint density at radius 1 is 0.514 bits per heavy atom. The average molecular weight is 469 g/mol. The zero-order chi connectivity index (χ0) is 24.9. The highest BCUT2D eigenvalue weighted by Crippen LogP contribution is 2.15. The molecular weight excluding hydrogens is 434 g/mol. The summed E-state index contributed by atoms with van der Waals surface area (Å²) in [6, 6.07) is 18.4. The van der Waals surface area contributed by atoms with E-state index >= 15 is 0 Å². The SMILES string of the molecule is CCCCCCc1ccc(C#Cc2cc(F)c(C#Cc3ccc(CCCCC)cc3)c(F)c2)cc1. The van der Waals surface area contributed by atoms with Gasteiger partial charge in [0.1, 0.15) is 11.6 Å². The molecule has 0 heterocycles. The van der Waals surface area contributed by atoms with Crippen molar-refractivity contribution in [1.82, 2.24) is 0 Å². The number of aryl methyl sites for hydroxylation is 2. The van der Waals surface area contributed by atoms with Crippen LogP contribution in [-0.4, -0.2) is 0 Å². The third kappa shape index (κ3) is 8.73. The third-order valence-electron chi connectivity index (χ3n) is 6.02. The first-order valence-corrected chi connectivity index (χ1v) is 12.8. The zero-order valence-electron chi connectivity index (χ0n) is 20.9. The molecule has 0 amide bonds. The molecule has 0 N–H and O–H groups in total. The molecule has 0 spiro atoms. The van der Waals surface area contributed by atoms with Gasteiger partial charge in [0, 0.05) is 16.7 Å². The fourth-order valence-corrected chi connectivity index (χ4v) is 3.89. The molecule has 0 saturated heterocycles. The second-order valence-corrected chi connectivity index (χ2v) is 8.98. The molecule has 0 nitrogen and oxygen atoms in total. The van der Waals surface area contributed by atoms with Crippen molar-refractivity contribution in [3.63, 3.8) is 0 Å². The van der Waals surface area contributed by atoms with E-state index in [1.807, 2.05) is 36.4 Å². The quantitative estimate of drug-likeness (QED) is 0.218. The predicted octanol–water partition coefficient (Wildman–Crippen LogP) is 8.62. The van der Waals surface area contributed by atoms with Crippen LogP contribution in [0.25, 0.3) is 0 Å². The molecule has 0 bridgehead atoms. The van der Waals surface area contributed by atoms with Crippen molar-refractivity contribution in [3.05, 3.63) is 106 Å². The number of benzene rings is 3. The van der Waals surface area contributed by atoms with Crippen LogP contribution in [0.4, 0.5) is 8.78 Å². The monoisotopic (exact) mass is 468 g/mol. The van der Waals surface area contributed by atoms with Crippen LogP contribution in [0.1, 0.15) is 92.2 Å². The summed E-state index contributed by atoms with van der Waals surface area (Å²) in [6.45, 7) is 4.39. The molecule has 0 fully saturated rings. The third-order valence-corrected chi connectivity index (χ3v) is 6.02.